The number of nitrogens with two attached hydrogens (primary N) is 1. The summed E-state index contributed by atoms with van der Waals surface area (Å²) in [5.41, 5.74) is 9.91. The Morgan fingerprint density at radius 3 is 2.80 bits per heavy atom. The monoisotopic (exact) mass is 331 g/mol. The minimum absolute atomic E-state index is 0.463. The number of fused-ring (bicyclic) bond motifs is 1. The van der Waals surface area contributed by atoms with E-state index >= 15 is 0 Å². The summed E-state index contributed by atoms with van der Waals surface area (Å²) < 4.78 is 1.65. The van der Waals surface area contributed by atoms with Crippen LogP contribution in [0.5, 0.6) is 0 Å². The largest absolute Gasteiger partial charge is 0.384 e. The first kappa shape index (κ1) is 14.7. The zero-order valence-corrected chi connectivity index (χ0v) is 13.0. The maximum absolute atomic E-state index is 5.56. The van der Waals surface area contributed by atoms with Gasteiger partial charge in [-0.2, -0.15) is 14.9 Å². The molecule has 0 saturated carbocycles. The molecule has 0 aliphatic rings. The molecule has 4 aromatic rings. The Hall–Kier alpha value is -3.88. The van der Waals surface area contributed by atoms with E-state index in [-0.39, 0.29) is 0 Å². The van der Waals surface area contributed by atoms with Crippen molar-refractivity contribution in [2.75, 3.05) is 11.2 Å². The SMILES string of the molecule is Nc1ccc(C=NNc2ncnc3c2cnn3-c2ccccn2)cn1. The summed E-state index contributed by atoms with van der Waals surface area (Å²) in [6, 6.07) is 9.12. The zero-order chi connectivity index (χ0) is 17.1. The average molecular weight is 331 g/mol. The molecule has 0 radical (unpaired) electrons. The van der Waals surface area contributed by atoms with Crippen LogP contribution in [0.4, 0.5) is 11.6 Å². The fourth-order valence-corrected chi connectivity index (χ4v) is 2.24. The van der Waals surface area contributed by atoms with Crippen LogP contribution in [0.2, 0.25) is 0 Å². The molecule has 4 rings (SSSR count). The van der Waals surface area contributed by atoms with E-state index in [1.165, 1.54) is 6.33 Å². The lowest BCUT2D eigenvalue weighted by Gasteiger charge is -2.02. The summed E-state index contributed by atoms with van der Waals surface area (Å²) in [6.45, 7) is 0. The number of hydrogen-bond acceptors (Lipinski definition) is 8. The molecule has 9 nitrogen and oxygen atoms in total. The molecule has 0 aromatic carbocycles. The second-order valence-corrected chi connectivity index (χ2v) is 5.09. The highest BCUT2D eigenvalue weighted by molar-refractivity contribution is 5.87. The molecule has 0 saturated heterocycles. The van der Waals surface area contributed by atoms with Crippen molar-refractivity contribution in [3.8, 4) is 5.82 Å². The Labute approximate surface area is 142 Å². The van der Waals surface area contributed by atoms with Gasteiger partial charge in [0.15, 0.2) is 17.3 Å². The van der Waals surface area contributed by atoms with Gasteiger partial charge in [-0.1, -0.05) is 6.07 Å². The molecule has 0 aliphatic heterocycles. The number of hydrogen-bond donors (Lipinski definition) is 2. The molecule has 25 heavy (non-hydrogen) atoms. The molecule has 0 amide bonds. The van der Waals surface area contributed by atoms with E-state index < -0.39 is 0 Å². The third-order valence-electron chi connectivity index (χ3n) is 3.43. The number of nitrogens with zero attached hydrogens (tertiary/aromatic N) is 7. The number of rotatable bonds is 4. The molecule has 4 aromatic heterocycles. The van der Waals surface area contributed by atoms with Crippen molar-refractivity contribution in [1.82, 2.24) is 29.7 Å². The fourth-order valence-electron chi connectivity index (χ4n) is 2.24. The van der Waals surface area contributed by atoms with Crippen molar-refractivity contribution in [2.24, 2.45) is 5.10 Å². The summed E-state index contributed by atoms with van der Waals surface area (Å²) in [6.07, 6.45) is 8.09. The molecule has 0 unspecified atom stereocenters. The van der Waals surface area contributed by atoms with Crippen molar-refractivity contribution in [2.45, 2.75) is 0 Å². The summed E-state index contributed by atoms with van der Waals surface area (Å²) in [4.78, 5) is 16.8. The standard InChI is InChI=1S/C16H13N9/c17-13-5-4-11(7-19-13)8-22-24-15-12-9-23-25(16(12)21-10-20-15)14-3-1-2-6-18-14/h1-10H,(H2,17,19)(H,20,21,24). The van der Waals surface area contributed by atoms with Crippen molar-refractivity contribution >= 4 is 28.9 Å². The molecule has 0 spiro atoms. The van der Waals surface area contributed by atoms with Gasteiger partial charge in [0.1, 0.15) is 12.1 Å². The third-order valence-corrected chi connectivity index (χ3v) is 3.43. The Balaban J connectivity index is 1.62. The molecule has 3 N–H and O–H groups in total. The Kier molecular flexibility index (Phi) is 3.71. The van der Waals surface area contributed by atoms with Crippen molar-refractivity contribution in [3.63, 3.8) is 0 Å². The molecule has 0 atom stereocenters. The van der Waals surface area contributed by atoms with Crippen LogP contribution in [-0.4, -0.2) is 35.9 Å². The first-order valence-corrected chi connectivity index (χ1v) is 7.42. The molecular formula is C16H13N9. The van der Waals surface area contributed by atoms with Crippen molar-refractivity contribution in [3.05, 3.63) is 60.8 Å². The van der Waals surface area contributed by atoms with Crippen LogP contribution in [-0.2, 0) is 0 Å². The quantitative estimate of drug-likeness (QED) is 0.431. The lowest BCUT2D eigenvalue weighted by atomic mass is 10.3. The molecule has 4 heterocycles. The minimum atomic E-state index is 0.463. The minimum Gasteiger partial charge on any atom is -0.384 e. The van der Waals surface area contributed by atoms with Gasteiger partial charge in [0.2, 0.25) is 0 Å². The van der Waals surface area contributed by atoms with Gasteiger partial charge in [-0.25, -0.2) is 19.9 Å². The number of hydrazone groups is 1. The van der Waals surface area contributed by atoms with Gasteiger partial charge in [0.05, 0.1) is 17.8 Å². The van der Waals surface area contributed by atoms with Gasteiger partial charge in [0, 0.05) is 18.0 Å². The lowest BCUT2D eigenvalue weighted by Crippen LogP contribution is -2.01. The van der Waals surface area contributed by atoms with Crippen LogP contribution in [0.3, 0.4) is 0 Å². The van der Waals surface area contributed by atoms with E-state index in [2.05, 4.69) is 35.6 Å². The predicted molar refractivity (Wildman–Crippen MR) is 94.3 cm³/mol. The van der Waals surface area contributed by atoms with Crippen LogP contribution in [0.1, 0.15) is 5.56 Å². The topological polar surface area (TPSA) is 120 Å². The Morgan fingerprint density at radius 2 is 2.00 bits per heavy atom. The zero-order valence-electron chi connectivity index (χ0n) is 13.0. The first-order valence-electron chi connectivity index (χ1n) is 7.42. The summed E-state index contributed by atoms with van der Waals surface area (Å²) >= 11 is 0. The van der Waals surface area contributed by atoms with Gasteiger partial charge in [-0.3, -0.25) is 5.43 Å². The number of nitrogens with one attached hydrogen (secondary N) is 1. The number of anilines is 2. The van der Waals surface area contributed by atoms with Gasteiger partial charge in [0.25, 0.3) is 0 Å². The van der Waals surface area contributed by atoms with Crippen LogP contribution in [0.25, 0.3) is 16.9 Å². The van der Waals surface area contributed by atoms with Crippen molar-refractivity contribution in [1.29, 1.82) is 0 Å². The highest BCUT2D eigenvalue weighted by Crippen LogP contribution is 2.20. The highest BCUT2D eigenvalue weighted by atomic mass is 15.4. The van der Waals surface area contributed by atoms with E-state index in [0.29, 0.717) is 23.1 Å². The van der Waals surface area contributed by atoms with Gasteiger partial charge in [-0.15, -0.1) is 0 Å². The maximum Gasteiger partial charge on any atom is 0.170 e. The second-order valence-electron chi connectivity index (χ2n) is 5.09. The lowest BCUT2D eigenvalue weighted by molar-refractivity contribution is 0.861. The third kappa shape index (κ3) is 2.98. The highest BCUT2D eigenvalue weighted by Gasteiger charge is 2.11. The van der Waals surface area contributed by atoms with Crippen LogP contribution in [0, 0.1) is 0 Å². The van der Waals surface area contributed by atoms with Crippen LogP contribution >= 0.6 is 0 Å². The number of aromatic nitrogens is 6. The summed E-state index contributed by atoms with van der Waals surface area (Å²) in [5.74, 6) is 1.69. The second kappa shape index (κ2) is 6.32. The van der Waals surface area contributed by atoms with Gasteiger partial charge < -0.3 is 5.73 Å². The van der Waals surface area contributed by atoms with E-state index in [9.17, 15) is 0 Å². The van der Waals surface area contributed by atoms with Crippen molar-refractivity contribution < 1.29 is 0 Å². The Morgan fingerprint density at radius 1 is 1.04 bits per heavy atom. The Bertz CT molecular complexity index is 1020. The summed E-state index contributed by atoms with van der Waals surface area (Å²) in [5, 5.41) is 9.25. The predicted octanol–water partition coefficient (Wildman–Crippen LogP) is 1.63. The van der Waals surface area contributed by atoms with Crippen LogP contribution < -0.4 is 11.2 Å². The fraction of sp³-hybridized carbons (Fsp3) is 0. The molecule has 0 fully saturated rings. The summed E-state index contributed by atoms with van der Waals surface area (Å²) in [7, 11) is 0. The van der Waals surface area contributed by atoms with Crippen LogP contribution in [0.15, 0.2) is 60.4 Å². The number of nitrogen functional groups attached to an aromatic ring is 1. The first-order chi connectivity index (χ1) is 12.3. The van der Waals surface area contributed by atoms with Gasteiger partial charge in [-0.05, 0) is 24.3 Å². The van der Waals surface area contributed by atoms with Gasteiger partial charge >= 0.3 is 0 Å². The van der Waals surface area contributed by atoms with E-state index in [0.717, 1.165) is 10.9 Å². The smallest absolute Gasteiger partial charge is 0.170 e. The van der Waals surface area contributed by atoms with E-state index in [1.807, 2.05) is 24.3 Å². The number of pyridine rings is 2. The maximum atomic E-state index is 5.56. The molecular weight excluding hydrogens is 318 g/mol. The van der Waals surface area contributed by atoms with E-state index in [1.54, 1.807) is 35.6 Å². The molecule has 122 valence electrons. The average Bonchev–Trinajstić information content (AvgIpc) is 3.09. The molecule has 0 aliphatic carbocycles. The molecule has 9 heteroatoms. The normalized spacial score (nSPS) is 11.2. The van der Waals surface area contributed by atoms with E-state index in [4.69, 9.17) is 5.73 Å². The molecule has 0 bridgehead atoms.